The Hall–Kier alpha value is -4.12. The molecule has 0 saturated heterocycles. The maximum absolute atomic E-state index is 13.9. The number of ether oxygens (including phenoxy) is 4. The number of fused-ring (bicyclic) bond motifs is 2. The summed E-state index contributed by atoms with van der Waals surface area (Å²) in [7, 11) is 1.73. The zero-order chi connectivity index (χ0) is 36.2. The maximum atomic E-state index is 13.9. The van der Waals surface area contributed by atoms with E-state index in [9.17, 15) is 15.0 Å². The fourth-order valence-corrected chi connectivity index (χ4v) is 8.06. The van der Waals surface area contributed by atoms with Gasteiger partial charge in [-0.1, -0.05) is 73.1 Å². The van der Waals surface area contributed by atoms with E-state index in [0.717, 1.165) is 48.1 Å². The lowest BCUT2D eigenvalue weighted by Gasteiger charge is -2.59. The van der Waals surface area contributed by atoms with E-state index in [-0.39, 0.29) is 44.2 Å². The molecule has 6 atom stereocenters. The van der Waals surface area contributed by atoms with Crippen molar-refractivity contribution in [3.8, 4) is 11.5 Å². The monoisotopic (exact) mass is 702 g/mol. The maximum Gasteiger partial charge on any atom is 0.410 e. The number of benzene rings is 2. The minimum Gasteiger partial charge on any atom is -0.490 e. The predicted octanol–water partition coefficient (Wildman–Crippen LogP) is 7.17. The lowest BCUT2D eigenvalue weighted by Crippen LogP contribution is -2.69. The lowest BCUT2D eigenvalue weighted by atomic mass is 9.55. The van der Waals surface area contributed by atoms with Crippen LogP contribution in [0.25, 0.3) is 0 Å². The van der Waals surface area contributed by atoms with Crippen LogP contribution in [0.2, 0.25) is 0 Å². The first kappa shape index (κ1) is 38.1. The summed E-state index contributed by atoms with van der Waals surface area (Å²) >= 11 is 0. The Morgan fingerprint density at radius 2 is 1.78 bits per heavy atom. The van der Waals surface area contributed by atoms with Crippen LogP contribution in [-0.2, 0) is 20.9 Å². The third kappa shape index (κ3) is 8.51. The molecule has 0 unspecified atom stereocenters. The van der Waals surface area contributed by atoms with Gasteiger partial charge < -0.3 is 38.9 Å². The highest BCUT2D eigenvalue weighted by Gasteiger charge is 2.65. The first-order valence-corrected chi connectivity index (χ1v) is 18.3. The van der Waals surface area contributed by atoms with E-state index in [1.807, 2.05) is 49.4 Å². The number of oxime groups is 1. The molecule has 1 saturated carbocycles. The first-order chi connectivity index (χ1) is 24.9. The number of unbranched alkanes of at least 4 members (excludes halogenated alkanes) is 2. The molecule has 0 bridgehead atoms. The van der Waals surface area contributed by atoms with Crippen molar-refractivity contribution in [1.82, 2.24) is 4.90 Å². The van der Waals surface area contributed by atoms with Gasteiger partial charge in [-0.3, -0.25) is 0 Å². The van der Waals surface area contributed by atoms with E-state index in [1.54, 1.807) is 24.1 Å². The van der Waals surface area contributed by atoms with Gasteiger partial charge in [0.25, 0.3) is 0 Å². The van der Waals surface area contributed by atoms with Crippen LogP contribution in [0, 0.1) is 17.8 Å². The van der Waals surface area contributed by atoms with Crippen molar-refractivity contribution in [2.24, 2.45) is 22.9 Å². The number of hydrogen-bond donors (Lipinski definition) is 2. The predicted molar refractivity (Wildman–Crippen MR) is 197 cm³/mol. The molecule has 2 aromatic rings. The third-order valence-corrected chi connectivity index (χ3v) is 10.3. The Morgan fingerprint density at radius 1 is 1.04 bits per heavy atom. The van der Waals surface area contributed by atoms with E-state index in [2.05, 4.69) is 30.5 Å². The van der Waals surface area contributed by atoms with Crippen LogP contribution < -0.4 is 9.47 Å². The lowest BCUT2D eigenvalue weighted by molar-refractivity contribution is -0.253. The molecule has 10 nitrogen and oxygen atoms in total. The van der Waals surface area contributed by atoms with Gasteiger partial charge in [-0.25, -0.2) is 4.79 Å². The topological polar surface area (TPSA) is 119 Å². The van der Waals surface area contributed by atoms with Crippen LogP contribution in [0.1, 0.15) is 68.9 Å². The molecule has 2 N–H and O–H groups in total. The summed E-state index contributed by atoms with van der Waals surface area (Å²) in [5.41, 5.74) is 3.60. The molecule has 276 valence electrons. The molecule has 5 rings (SSSR count). The number of carbonyl (C=O) groups excluding carboxylic acids is 1. The Morgan fingerprint density at radius 3 is 2.49 bits per heavy atom. The van der Waals surface area contributed by atoms with Gasteiger partial charge in [-0.05, 0) is 73.8 Å². The quantitative estimate of drug-likeness (QED) is 0.0899. The normalized spacial score (nSPS) is 25.5. The fourth-order valence-electron chi connectivity index (χ4n) is 8.06. The minimum atomic E-state index is -1.34. The molecule has 0 aromatic heterocycles. The third-order valence-electron chi connectivity index (χ3n) is 10.3. The number of carbonyl (C=O) groups is 1. The second-order valence-corrected chi connectivity index (χ2v) is 13.4. The zero-order valence-corrected chi connectivity index (χ0v) is 30.1. The molecule has 10 heteroatoms. The van der Waals surface area contributed by atoms with Crippen molar-refractivity contribution in [1.29, 1.82) is 0 Å². The highest BCUT2D eigenvalue weighted by atomic mass is 16.7. The van der Waals surface area contributed by atoms with Gasteiger partial charge >= 0.3 is 6.09 Å². The average Bonchev–Trinajstić information content (AvgIpc) is 3.15. The summed E-state index contributed by atoms with van der Waals surface area (Å²) < 4.78 is 25.9. The van der Waals surface area contributed by atoms with Gasteiger partial charge in [-0.2, -0.15) is 0 Å². The van der Waals surface area contributed by atoms with E-state index in [0.29, 0.717) is 44.0 Å². The summed E-state index contributed by atoms with van der Waals surface area (Å²) in [6.45, 7) is 11.0. The molecule has 51 heavy (non-hydrogen) atoms. The molecule has 1 aliphatic heterocycles. The van der Waals surface area contributed by atoms with Gasteiger partial charge in [0.1, 0.15) is 37.4 Å². The van der Waals surface area contributed by atoms with Gasteiger partial charge in [0.2, 0.25) is 5.79 Å². The summed E-state index contributed by atoms with van der Waals surface area (Å²) in [5.74, 6) is -0.231. The summed E-state index contributed by atoms with van der Waals surface area (Å²) in [5, 5.41) is 24.2. The molecule has 0 radical (unpaired) electrons. The Bertz CT molecular complexity index is 1530. The molecule has 2 aliphatic carbocycles. The largest absolute Gasteiger partial charge is 0.490 e. The molecule has 1 amide bonds. The Labute approximate surface area is 302 Å². The first-order valence-electron chi connectivity index (χ1n) is 18.3. The van der Waals surface area contributed by atoms with E-state index in [4.69, 9.17) is 23.8 Å². The van der Waals surface area contributed by atoms with E-state index < -0.39 is 23.8 Å². The van der Waals surface area contributed by atoms with Gasteiger partial charge in [0.15, 0.2) is 0 Å². The summed E-state index contributed by atoms with van der Waals surface area (Å²) in [4.78, 5) is 21.3. The van der Waals surface area contributed by atoms with Crippen molar-refractivity contribution < 1.29 is 38.8 Å². The summed E-state index contributed by atoms with van der Waals surface area (Å²) in [6, 6.07) is 14.8. The van der Waals surface area contributed by atoms with E-state index >= 15 is 0 Å². The summed E-state index contributed by atoms with van der Waals surface area (Å²) in [6.07, 6.45) is 10.3. The number of aliphatic hydroxyl groups excluding tert-OH is 2. The molecule has 3 aliphatic rings. The highest BCUT2D eigenvalue weighted by molar-refractivity contribution is 6.02. The number of aliphatic hydroxyl groups is 2. The van der Waals surface area contributed by atoms with Gasteiger partial charge in [-0.15, -0.1) is 6.58 Å². The van der Waals surface area contributed by atoms with Gasteiger partial charge in [0, 0.05) is 38.2 Å². The van der Waals surface area contributed by atoms with Crippen LogP contribution in [0.4, 0.5) is 4.79 Å². The van der Waals surface area contributed by atoms with Crippen molar-refractivity contribution in [3.05, 3.63) is 96.6 Å². The smallest absolute Gasteiger partial charge is 0.410 e. The average molecular weight is 703 g/mol. The van der Waals surface area contributed by atoms with Crippen LogP contribution in [0.5, 0.6) is 11.5 Å². The number of likely N-dealkylation sites (N-methyl/N-ethyl adjacent to an activating group) is 1. The Balaban J connectivity index is 1.69. The second kappa shape index (κ2) is 18.4. The van der Waals surface area contributed by atoms with Crippen LogP contribution in [0.3, 0.4) is 0 Å². The Kier molecular flexibility index (Phi) is 13.7. The number of allylic oxidation sites excluding steroid dienone is 1. The minimum absolute atomic E-state index is 0.117. The highest BCUT2D eigenvalue weighted by Crippen LogP contribution is 2.61. The SMILES string of the molecule is C=CCOc1ccc2c(c1)[C@H]1[C@H](CCCCO)[C@@H](CCCCO)C=C3C(=NOCC)C[C@H](N(C)C(=O)OCc4ccccc4)[C@@](OCC=C)(O2)[C@H]31. The van der Waals surface area contributed by atoms with Gasteiger partial charge in [0.05, 0.1) is 18.2 Å². The number of hydrogen-bond acceptors (Lipinski definition) is 9. The fraction of sp³-hybridized carbons (Fsp3) is 0.512. The molecule has 1 heterocycles. The van der Waals surface area contributed by atoms with Crippen molar-refractivity contribution >= 4 is 11.8 Å². The second-order valence-electron chi connectivity index (χ2n) is 13.4. The zero-order valence-electron chi connectivity index (χ0n) is 30.1. The molecule has 0 spiro atoms. The molecule has 1 fully saturated rings. The number of amides is 1. The molecular formula is C41H54N2O8. The van der Waals surface area contributed by atoms with Crippen molar-refractivity contribution in [2.75, 3.05) is 40.1 Å². The van der Waals surface area contributed by atoms with Crippen LogP contribution in [0.15, 0.2) is 90.6 Å². The number of rotatable bonds is 19. The van der Waals surface area contributed by atoms with Crippen molar-refractivity contribution in [2.45, 2.75) is 76.2 Å². The van der Waals surface area contributed by atoms with Crippen molar-refractivity contribution in [3.63, 3.8) is 0 Å². The van der Waals surface area contributed by atoms with Crippen LogP contribution in [-0.4, -0.2) is 78.8 Å². The molecule has 2 aromatic carbocycles. The number of nitrogens with zero attached hydrogens (tertiary/aromatic N) is 2. The van der Waals surface area contributed by atoms with E-state index in [1.165, 1.54) is 0 Å². The molecular weight excluding hydrogens is 648 g/mol. The standard InChI is InChI=1S/C41H54N2O8/c1-5-23-47-31-19-20-36-34(26-31)38-32(18-12-14-22-45)30(17-11-13-21-44)25-33-35(42-50-7-3)27-37(41(51-36,39(33)38)49-24-6-2)43(4)40(46)48-28-29-15-9-8-10-16-29/h5-6,8-10,15-16,19-20,25-26,30,32,37-39,44-45H,1-2,7,11-14,17-18,21-24,27-28H2,3-4H3/t30-,32+,37-,38+,39+,41+/m0/s1. The van der Waals surface area contributed by atoms with Crippen LogP contribution >= 0.6 is 0 Å².